The molecule has 32 heavy (non-hydrogen) atoms. The summed E-state index contributed by atoms with van der Waals surface area (Å²) in [7, 11) is -3.74. The van der Waals surface area contributed by atoms with Crippen molar-refractivity contribution in [2.45, 2.75) is 43.7 Å². The second-order valence-corrected chi connectivity index (χ2v) is 10.6. The number of likely N-dealkylation sites (tertiary alicyclic amines) is 1. The molecule has 0 aliphatic carbocycles. The van der Waals surface area contributed by atoms with Crippen LogP contribution in [0.3, 0.4) is 0 Å². The van der Waals surface area contributed by atoms with Gasteiger partial charge in [-0.15, -0.1) is 0 Å². The van der Waals surface area contributed by atoms with Crippen LogP contribution in [0.2, 0.25) is 0 Å². The molecule has 2 aliphatic rings. The average molecular weight is 460 g/mol. The van der Waals surface area contributed by atoms with Gasteiger partial charge in [-0.05, 0) is 74.2 Å². The summed E-state index contributed by atoms with van der Waals surface area (Å²) in [5.74, 6) is -1.01. The maximum Gasteiger partial charge on any atom is 0.243 e. The molecule has 2 saturated heterocycles. The summed E-state index contributed by atoms with van der Waals surface area (Å²) in [6, 6.07) is 13.1. The minimum absolute atomic E-state index is 0.0500. The summed E-state index contributed by atoms with van der Waals surface area (Å²) in [6.45, 7) is 4.21. The summed E-state index contributed by atoms with van der Waals surface area (Å²) < 4.78 is 40.2. The van der Waals surface area contributed by atoms with Crippen LogP contribution in [-0.4, -0.2) is 49.7 Å². The van der Waals surface area contributed by atoms with Crippen LogP contribution in [0.15, 0.2) is 53.4 Å². The molecule has 8 heteroatoms. The van der Waals surface area contributed by atoms with Crippen molar-refractivity contribution < 1.29 is 17.6 Å². The van der Waals surface area contributed by atoms with E-state index in [1.807, 2.05) is 12.1 Å². The van der Waals surface area contributed by atoms with E-state index in [1.54, 1.807) is 0 Å². The molecule has 0 unspecified atom stereocenters. The molecule has 6 nitrogen and oxygen atoms in total. The van der Waals surface area contributed by atoms with Crippen LogP contribution in [0.25, 0.3) is 0 Å². The number of sulfonamides is 1. The van der Waals surface area contributed by atoms with E-state index in [2.05, 4.69) is 22.3 Å². The molecule has 1 amide bonds. The predicted octanol–water partition coefficient (Wildman–Crippen LogP) is 3.14. The van der Waals surface area contributed by atoms with Crippen molar-refractivity contribution >= 4 is 15.9 Å². The molecule has 2 aromatic carbocycles. The Kier molecular flexibility index (Phi) is 7.23. The van der Waals surface area contributed by atoms with Gasteiger partial charge in [-0.2, -0.15) is 4.31 Å². The zero-order valence-electron chi connectivity index (χ0n) is 18.2. The molecular formula is C24H30FN3O3S. The van der Waals surface area contributed by atoms with Crippen LogP contribution in [0, 0.1) is 11.7 Å². The van der Waals surface area contributed by atoms with Crippen LogP contribution < -0.4 is 5.32 Å². The van der Waals surface area contributed by atoms with E-state index in [4.69, 9.17) is 0 Å². The third-order valence-corrected chi connectivity index (χ3v) is 8.18. The molecule has 0 aromatic heterocycles. The third-order valence-electron chi connectivity index (χ3n) is 6.30. The van der Waals surface area contributed by atoms with Crippen molar-refractivity contribution in [3.63, 3.8) is 0 Å². The number of carbonyl (C=O) groups excluding carboxylic acids is 1. The van der Waals surface area contributed by atoms with E-state index >= 15 is 0 Å². The molecule has 172 valence electrons. The quantitative estimate of drug-likeness (QED) is 0.691. The lowest BCUT2D eigenvalue weighted by atomic mass is 9.98. The van der Waals surface area contributed by atoms with Crippen molar-refractivity contribution in [3.05, 3.63) is 65.5 Å². The normalized spacial score (nSPS) is 20.3. The highest BCUT2D eigenvalue weighted by Gasteiger charge is 2.33. The Morgan fingerprint density at radius 2 is 1.59 bits per heavy atom. The minimum Gasteiger partial charge on any atom is -0.352 e. The first-order valence-electron chi connectivity index (χ1n) is 11.3. The molecule has 1 atom stereocenters. The second kappa shape index (κ2) is 10.1. The molecule has 2 heterocycles. The number of nitrogens with one attached hydrogen (secondary N) is 1. The van der Waals surface area contributed by atoms with E-state index in [1.165, 1.54) is 34.8 Å². The molecule has 0 spiro atoms. The van der Waals surface area contributed by atoms with E-state index in [9.17, 15) is 17.6 Å². The molecule has 0 radical (unpaired) electrons. The SMILES string of the molecule is O=C(NCc1ccc(CN2CCCC2)cc1)[C@@H]1CCCN(S(=O)(=O)c2ccc(F)cc2)C1. The van der Waals surface area contributed by atoms with Crippen molar-refractivity contribution in [2.24, 2.45) is 5.92 Å². The molecule has 0 bridgehead atoms. The Bertz CT molecular complexity index is 1020. The first-order chi connectivity index (χ1) is 15.4. The topological polar surface area (TPSA) is 69.7 Å². The van der Waals surface area contributed by atoms with Crippen LogP contribution >= 0.6 is 0 Å². The molecule has 2 aromatic rings. The smallest absolute Gasteiger partial charge is 0.243 e. The number of rotatable bonds is 7. The Hall–Kier alpha value is -2.29. The van der Waals surface area contributed by atoms with Gasteiger partial charge in [-0.3, -0.25) is 9.69 Å². The van der Waals surface area contributed by atoms with Gasteiger partial charge >= 0.3 is 0 Å². The van der Waals surface area contributed by atoms with E-state index in [0.29, 0.717) is 25.9 Å². The second-order valence-electron chi connectivity index (χ2n) is 8.67. The Morgan fingerprint density at radius 3 is 2.28 bits per heavy atom. The summed E-state index contributed by atoms with van der Waals surface area (Å²) in [5, 5.41) is 2.96. The van der Waals surface area contributed by atoms with Gasteiger partial charge in [0.05, 0.1) is 10.8 Å². The van der Waals surface area contributed by atoms with Gasteiger partial charge in [0.2, 0.25) is 15.9 Å². The Morgan fingerprint density at radius 1 is 0.938 bits per heavy atom. The fraction of sp³-hybridized carbons (Fsp3) is 0.458. The lowest BCUT2D eigenvalue weighted by Crippen LogP contribution is -2.45. The van der Waals surface area contributed by atoms with Crippen molar-refractivity contribution in [1.82, 2.24) is 14.5 Å². The van der Waals surface area contributed by atoms with Crippen molar-refractivity contribution in [3.8, 4) is 0 Å². The third kappa shape index (κ3) is 5.54. The van der Waals surface area contributed by atoms with Crippen LogP contribution in [0.4, 0.5) is 4.39 Å². The summed E-state index contributed by atoms with van der Waals surface area (Å²) >= 11 is 0. The van der Waals surface area contributed by atoms with Gasteiger partial charge in [0.1, 0.15) is 5.82 Å². The van der Waals surface area contributed by atoms with Gasteiger partial charge in [0, 0.05) is 26.2 Å². The molecule has 1 N–H and O–H groups in total. The van der Waals surface area contributed by atoms with Gasteiger partial charge in [-0.25, -0.2) is 12.8 Å². The number of hydrogen-bond donors (Lipinski definition) is 1. The predicted molar refractivity (Wildman–Crippen MR) is 121 cm³/mol. The number of piperidine rings is 1. The number of amides is 1. The minimum atomic E-state index is -3.74. The van der Waals surface area contributed by atoms with Gasteiger partial charge in [0.25, 0.3) is 0 Å². The molecule has 0 saturated carbocycles. The van der Waals surface area contributed by atoms with Crippen LogP contribution in [-0.2, 0) is 27.9 Å². The maximum absolute atomic E-state index is 13.2. The number of halogens is 1. The largest absolute Gasteiger partial charge is 0.352 e. The first kappa shape index (κ1) is 22.9. The fourth-order valence-corrected chi connectivity index (χ4v) is 5.95. The number of hydrogen-bond acceptors (Lipinski definition) is 4. The summed E-state index contributed by atoms with van der Waals surface area (Å²) in [4.78, 5) is 15.2. The van der Waals surface area contributed by atoms with Gasteiger partial charge in [0.15, 0.2) is 0 Å². The summed E-state index contributed by atoms with van der Waals surface area (Å²) in [5.41, 5.74) is 2.30. The highest BCUT2D eigenvalue weighted by atomic mass is 32.2. The van der Waals surface area contributed by atoms with Crippen molar-refractivity contribution in [2.75, 3.05) is 26.2 Å². The Labute approximate surface area is 189 Å². The number of carbonyl (C=O) groups is 1. The monoisotopic (exact) mass is 459 g/mol. The molecule has 2 aliphatic heterocycles. The summed E-state index contributed by atoms with van der Waals surface area (Å²) in [6.07, 6.45) is 3.81. The average Bonchev–Trinajstić information content (AvgIpc) is 3.32. The zero-order chi connectivity index (χ0) is 22.6. The lowest BCUT2D eigenvalue weighted by molar-refractivity contribution is -0.126. The maximum atomic E-state index is 13.2. The fourth-order valence-electron chi connectivity index (χ4n) is 4.43. The molecular weight excluding hydrogens is 429 g/mol. The van der Waals surface area contributed by atoms with Crippen LogP contribution in [0.1, 0.15) is 36.8 Å². The van der Waals surface area contributed by atoms with Gasteiger partial charge < -0.3 is 5.32 Å². The van der Waals surface area contributed by atoms with Crippen LogP contribution in [0.5, 0.6) is 0 Å². The van der Waals surface area contributed by atoms with E-state index in [0.717, 1.165) is 37.3 Å². The highest BCUT2D eigenvalue weighted by Crippen LogP contribution is 2.24. The van der Waals surface area contributed by atoms with Crippen molar-refractivity contribution in [1.29, 1.82) is 0 Å². The van der Waals surface area contributed by atoms with E-state index in [-0.39, 0.29) is 17.3 Å². The highest BCUT2D eigenvalue weighted by molar-refractivity contribution is 7.89. The lowest BCUT2D eigenvalue weighted by Gasteiger charge is -2.31. The Balaban J connectivity index is 1.31. The number of nitrogens with zero attached hydrogens (tertiary/aromatic N) is 2. The molecule has 4 rings (SSSR count). The first-order valence-corrected chi connectivity index (χ1v) is 12.7. The van der Waals surface area contributed by atoms with E-state index < -0.39 is 21.8 Å². The molecule has 2 fully saturated rings. The van der Waals surface area contributed by atoms with Gasteiger partial charge in [-0.1, -0.05) is 24.3 Å². The number of benzene rings is 2. The standard InChI is InChI=1S/C24H30FN3O3S/c25-22-9-11-23(12-10-22)32(30,31)28-15-3-4-21(18-28)24(29)26-16-19-5-7-20(8-6-19)17-27-13-1-2-14-27/h5-12,21H,1-4,13-18H2,(H,26,29)/t21-/m1/s1. The zero-order valence-corrected chi connectivity index (χ0v) is 19.0.